The van der Waals surface area contributed by atoms with Crippen molar-refractivity contribution < 1.29 is 0 Å². The molecule has 0 saturated heterocycles. The van der Waals surface area contributed by atoms with E-state index < -0.39 is 0 Å². The van der Waals surface area contributed by atoms with Crippen LogP contribution >= 0.6 is 0 Å². The average molecular weight is 332 g/mol. The summed E-state index contributed by atoms with van der Waals surface area (Å²) < 4.78 is 0. The first kappa shape index (κ1) is 16.1. The molecule has 0 aromatic heterocycles. The largest absolute Gasteiger partial charge is 0.124 e. The van der Waals surface area contributed by atoms with E-state index in [2.05, 4.69) is 90.7 Å². The maximum Gasteiger partial charge on any atom is 0.0350 e. The fourth-order valence-electron chi connectivity index (χ4n) is 3.27. The van der Waals surface area contributed by atoms with Gasteiger partial charge >= 0.3 is 0 Å². The van der Waals surface area contributed by atoms with Crippen LogP contribution in [-0.4, -0.2) is 0 Å². The summed E-state index contributed by atoms with van der Waals surface area (Å²) in [6.45, 7) is 0. The van der Waals surface area contributed by atoms with E-state index >= 15 is 0 Å². The van der Waals surface area contributed by atoms with Crippen molar-refractivity contribution in [3.8, 4) is 0 Å². The van der Waals surface area contributed by atoms with Gasteiger partial charge in [-0.2, -0.15) is 0 Å². The summed E-state index contributed by atoms with van der Waals surface area (Å²) in [7, 11) is 0. The van der Waals surface area contributed by atoms with Crippen LogP contribution in [0.1, 0.15) is 28.2 Å². The van der Waals surface area contributed by atoms with Gasteiger partial charge < -0.3 is 0 Å². The van der Waals surface area contributed by atoms with Crippen LogP contribution in [0, 0.1) is 0 Å². The normalized spacial score (nSPS) is 16.6. The van der Waals surface area contributed by atoms with Gasteiger partial charge in [0.25, 0.3) is 0 Å². The lowest BCUT2D eigenvalue weighted by molar-refractivity contribution is 1.02. The Bertz CT molecular complexity index is 998. The highest BCUT2D eigenvalue weighted by Crippen LogP contribution is 2.35. The molecule has 4 rings (SSSR count). The van der Waals surface area contributed by atoms with Gasteiger partial charge in [0.1, 0.15) is 0 Å². The van der Waals surface area contributed by atoms with Gasteiger partial charge in [0, 0.05) is 5.92 Å². The molecule has 0 aliphatic heterocycles. The smallest absolute Gasteiger partial charge is 0.0350 e. The molecule has 1 aliphatic rings. The maximum atomic E-state index is 3.40. The van der Waals surface area contributed by atoms with Gasteiger partial charge in [0.2, 0.25) is 0 Å². The SMILES string of the molecule is C(=Cc1ccccc1)=CC1C(=Cc2ccccc2)C=Cc2ccccc21. The lowest BCUT2D eigenvalue weighted by atomic mass is 9.82. The fourth-order valence-corrected chi connectivity index (χ4v) is 3.27. The monoisotopic (exact) mass is 332 g/mol. The molecule has 0 fully saturated rings. The molecule has 1 aliphatic carbocycles. The lowest BCUT2D eigenvalue weighted by Crippen LogP contribution is -2.04. The van der Waals surface area contributed by atoms with Crippen LogP contribution in [0.25, 0.3) is 18.2 Å². The molecule has 0 bridgehead atoms. The minimum Gasteiger partial charge on any atom is -0.124 e. The van der Waals surface area contributed by atoms with Crippen molar-refractivity contribution in [3.05, 3.63) is 131 Å². The van der Waals surface area contributed by atoms with E-state index in [0.29, 0.717) is 0 Å². The summed E-state index contributed by atoms with van der Waals surface area (Å²) in [5.41, 5.74) is 9.67. The Labute approximate surface area is 155 Å². The van der Waals surface area contributed by atoms with E-state index in [1.165, 1.54) is 22.3 Å². The number of allylic oxidation sites excluding steroid dienone is 3. The highest BCUT2D eigenvalue weighted by atomic mass is 14.2. The number of benzene rings is 3. The average Bonchev–Trinajstić information content (AvgIpc) is 2.71. The Morgan fingerprint density at radius 1 is 0.654 bits per heavy atom. The van der Waals surface area contributed by atoms with Crippen LogP contribution in [0.4, 0.5) is 0 Å². The van der Waals surface area contributed by atoms with E-state index in [0.717, 1.165) is 5.56 Å². The van der Waals surface area contributed by atoms with Gasteiger partial charge in [0.15, 0.2) is 0 Å². The summed E-state index contributed by atoms with van der Waals surface area (Å²) in [6.07, 6.45) is 10.9. The molecule has 0 spiro atoms. The van der Waals surface area contributed by atoms with Crippen LogP contribution in [0.3, 0.4) is 0 Å². The molecule has 0 heterocycles. The van der Waals surface area contributed by atoms with Crippen LogP contribution in [0.15, 0.2) is 108 Å². The first-order valence-electron chi connectivity index (χ1n) is 8.91. The second-order valence-corrected chi connectivity index (χ2v) is 6.38. The maximum absolute atomic E-state index is 3.40. The van der Waals surface area contributed by atoms with Crippen molar-refractivity contribution in [2.24, 2.45) is 0 Å². The topological polar surface area (TPSA) is 0 Å². The molecule has 26 heavy (non-hydrogen) atoms. The molecular formula is C26H20. The molecule has 3 aromatic rings. The minimum absolute atomic E-state index is 0.205. The second-order valence-electron chi connectivity index (χ2n) is 6.38. The standard InChI is InChI=1S/C26H20/c1-3-10-21(11-4-1)14-9-17-26-24(20-22-12-5-2-6-13-22)19-18-23-15-7-8-16-25(23)26/h1-8,10-20,26H. The highest BCUT2D eigenvalue weighted by molar-refractivity contribution is 5.71. The van der Waals surface area contributed by atoms with Crippen molar-refractivity contribution in [1.82, 2.24) is 0 Å². The van der Waals surface area contributed by atoms with E-state index in [-0.39, 0.29) is 5.92 Å². The molecule has 0 nitrogen and oxygen atoms in total. The Balaban J connectivity index is 1.74. The molecule has 0 heteroatoms. The zero-order chi connectivity index (χ0) is 17.6. The van der Waals surface area contributed by atoms with Crippen LogP contribution in [0.2, 0.25) is 0 Å². The van der Waals surface area contributed by atoms with E-state index in [1.807, 2.05) is 30.3 Å². The van der Waals surface area contributed by atoms with Crippen LogP contribution < -0.4 is 0 Å². The number of hydrogen-bond donors (Lipinski definition) is 0. The number of hydrogen-bond acceptors (Lipinski definition) is 0. The molecule has 0 radical (unpaired) electrons. The Kier molecular flexibility index (Phi) is 4.78. The van der Waals surface area contributed by atoms with Crippen molar-refractivity contribution in [3.63, 3.8) is 0 Å². The van der Waals surface area contributed by atoms with Crippen molar-refractivity contribution >= 4 is 18.2 Å². The third-order valence-corrected chi connectivity index (χ3v) is 4.59. The molecule has 1 unspecified atom stereocenters. The number of rotatable bonds is 3. The van der Waals surface area contributed by atoms with Crippen LogP contribution in [-0.2, 0) is 0 Å². The summed E-state index contributed by atoms with van der Waals surface area (Å²) in [5.74, 6) is 0.205. The third-order valence-electron chi connectivity index (χ3n) is 4.59. The first-order valence-corrected chi connectivity index (χ1v) is 8.91. The van der Waals surface area contributed by atoms with Gasteiger partial charge in [-0.25, -0.2) is 0 Å². The molecule has 0 amide bonds. The van der Waals surface area contributed by atoms with Crippen molar-refractivity contribution in [2.75, 3.05) is 0 Å². The predicted molar refractivity (Wildman–Crippen MR) is 112 cm³/mol. The zero-order valence-corrected chi connectivity index (χ0v) is 14.5. The Morgan fingerprint density at radius 3 is 2.08 bits per heavy atom. The first-order chi connectivity index (χ1) is 12.9. The van der Waals surface area contributed by atoms with Crippen molar-refractivity contribution in [1.29, 1.82) is 0 Å². The highest BCUT2D eigenvalue weighted by Gasteiger charge is 2.18. The van der Waals surface area contributed by atoms with Crippen molar-refractivity contribution in [2.45, 2.75) is 5.92 Å². The molecule has 3 aromatic carbocycles. The Morgan fingerprint density at radius 2 is 1.31 bits per heavy atom. The molecular weight excluding hydrogens is 312 g/mol. The van der Waals surface area contributed by atoms with Gasteiger partial charge in [-0.05, 0) is 40.0 Å². The predicted octanol–water partition coefficient (Wildman–Crippen LogP) is 6.75. The van der Waals surface area contributed by atoms with Gasteiger partial charge in [-0.1, -0.05) is 103 Å². The summed E-state index contributed by atoms with van der Waals surface area (Å²) in [4.78, 5) is 0. The minimum atomic E-state index is 0.205. The Hall–Kier alpha value is -3.34. The van der Waals surface area contributed by atoms with E-state index in [9.17, 15) is 0 Å². The van der Waals surface area contributed by atoms with Gasteiger partial charge in [-0.15, -0.1) is 5.73 Å². The van der Waals surface area contributed by atoms with E-state index in [4.69, 9.17) is 0 Å². The lowest BCUT2D eigenvalue weighted by Gasteiger charge is -2.21. The molecule has 0 N–H and O–H groups in total. The van der Waals surface area contributed by atoms with Gasteiger partial charge in [0.05, 0.1) is 0 Å². The van der Waals surface area contributed by atoms with E-state index in [1.54, 1.807) is 0 Å². The number of fused-ring (bicyclic) bond motifs is 1. The third kappa shape index (κ3) is 3.67. The fraction of sp³-hybridized carbons (Fsp3) is 0.0385. The van der Waals surface area contributed by atoms with Gasteiger partial charge in [-0.3, -0.25) is 0 Å². The molecule has 124 valence electrons. The van der Waals surface area contributed by atoms with Crippen LogP contribution in [0.5, 0.6) is 0 Å². The summed E-state index contributed by atoms with van der Waals surface area (Å²) in [6, 6.07) is 29.4. The second kappa shape index (κ2) is 7.70. The molecule has 0 saturated carbocycles. The summed E-state index contributed by atoms with van der Waals surface area (Å²) >= 11 is 0. The summed E-state index contributed by atoms with van der Waals surface area (Å²) in [5, 5.41) is 0. The quantitative estimate of drug-likeness (QED) is 0.465. The molecule has 1 atom stereocenters. The zero-order valence-electron chi connectivity index (χ0n) is 14.5.